The van der Waals surface area contributed by atoms with Gasteiger partial charge in [0, 0.05) is 17.3 Å². The maximum absolute atomic E-state index is 5.26. The van der Waals surface area contributed by atoms with Gasteiger partial charge in [-0.15, -0.1) is 0 Å². The van der Waals surface area contributed by atoms with Crippen molar-refractivity contribution in [1.82, 2.24) is 4.98 Å². The summed E-state index contributed by atoms with van der Waals surface area (Å²) in [6, 6.07) is 6.25. The van der Waals surface area contributed by atoms with Crippen molar-refractivity contribution < 1.29 is 10.1 Å². The van der Waals surface area contributed by atoms with Crippen LogP contribution in [-0.4, -0.2) is 18.6 Å². The number of methoxy groups -OCH3 is 1. The highest BCUT2D eigenvalue weighted by atomic mass is 16.5. The Hall–Kier alpha value is -1.48. The predicted molar refractivity (Wildman–Crippen MR) is 59.1 cm³/mol. The molecule has 0 fully saturated rings. The number of benzene rings is 1. The Bertz CT molecular complexity index is 502. The van der Waals surface area contributed by atoms with Crippen molar-refractivity contribution in [2.75, 3.05) is 13.7 Å². The molecule has 3 rings (SSSR count). The molecule has 0 atom stereocenters. The van der Waals surface area contributed by atoms with E-state index in [-0.39, 0.29) is 0 Å². The van der Waals surface area contributed by atoms with Crippen molar-refractivity contribution in [1.29, 1.82) is 0 Å². The molecule has 2 aromatic rings. The number of H-pyrrole nitrogens is 1. The van der Waals surface area contributed by atoms with Crippen molar-refractivity contribution in [3.05, 3.63) is 29.5 Å². The van der Waals surface area contributed by atoms with Gasteiger partial charge in [0.25, 0.3) is 0 Å². The summed E-state index contributed by atoms with van der Waals surface area (Å²) in [5, 5.41) is 3.67. The molecule has 0 aliphatic carbocycles. The van der Waals surface area contributed by atoms with E-state index in [0.717, 1.165) is 18.7 Å². The van der Waals surface area contributed by atoms with Crippen LogP contribution < -0.4 is 10.1 Å². The summed E-state index contributed by atoms with van der Waals surface area (Å²) in [6.45, 7) is 2.27. The molecule has 0 radical (unpaired) electrons. The van der Waals surface area contributed by atoms with Crippen molar-refractivity contribution in [3.63, 3.8) is 0 Å². The molecule has 1 aliphatic rings. The first-order valence-electron chi connectivity index (χ1n) is 5.37. The van der Waals surface area contributed by atoms with Crippen LogP contribution in [0.5, 0.6) is 5.75 Å². The Morgan fingerprint density at radius 1 is 1.40 bits per heavy atom. The number of fused-ring (bicyclic) bond motifs is 3. The SMILES string of the molecule is COc1ccc2[nH]c3c(c2c1)CC[NH2+]C3. The van der Waals surface area contributed by atoms with Gasteiger partial charge in [-0.2, -0.15) is 0 Å². The summed E-state index contributed by atoms with van der Waals surface area (Å²) in [5.74, 6) is 0.943. The molecule has 0 saturated heterocycles. The van der Waals surface area contributed by atoms with E-state index < -0.39 is 0 Å². The van der Waals surface area contributed by atoms with Crippen LogP contribution in [0.4, 0.5) is 0 Å². The first kappa shape index (κ1) is 8.80. The molecule has 3 nitrogen and oxygen atoms in total. The Labute approximate surface area is 88.4 Å². The molecule has 2 heterocycles. The maximum Gasteiger partial charge on any atom is 0.119 e. The monoisotopic (exact) mass is 203 g/mol. The van der Waals surface area contributed by atoms with E-state index in [9.17, 15) is 0 Å². The zero-order chi connectivity index (χ0) is 10.3. The Morgan fingerprint density at radius 3 is 3.20 bits per heavy atom. The topological polar surface area (TPSA) is 41.6 Å². The second kappa shape index (κ2) is 3.28. The van der Waals surface area contributed by atoms with E-state index in [1.165, 1.54) is 28.7 Å². The van der Waals surface area contributed by atoms with Crippen LogP contribution in [0.25, 0.3) is 10.9 Å². The van der Waals surface area contributed by atoms with Gasteiger partial charge < -0.3 is 15.0 Å². The lowest BCUT2D eigenvalue weighted by atomic mass is 10.0. The molecule has 1 aliphatic heterocycles. The van der Waals surface area contributed by atoms with Crippen molar-refractivity contribution in [2.24, 2.45) is 0 Å². The van der Waals surface area contributed by atoms with Gasteiger partial charge >= 0.3 is 0 Å². The molecular weight excluding hydrogens is 188 g/mol. The number of quaternary nitrogens is 1. The maximum atomic E-state index is 5.26. The zero-order valence-corrected chi connectivity index (χ0v) is 8.84. The standard InChI is InChI=1S/C12H14N2O/c1-15-8-2-3-11-10(6-8)9-4-5-13-7-12(9)14-11/h2-3,6,13-14H,4-5,7H2,1H3/p+1. The van der Waals surface area contributed by atoms with Crippen LogP contribution in [0, 0.1) is 0 Å². The average molecular weight is 203 g/mol. The smallest absolute Gasteiger partial charge is 0.119 e. The van der Waals surface area contributed by atoms with Crippen molar-refractivity contribution in [3.8, 4) is 5.75 Å². The quantitative estimate of drug-likeness (QED) is 0.707. The van der Waals surface area contributed by atoms with E-state index in [1.54, 1.807) is 7.11 Å². The Kier molecular flexibility index (Phi) is 1.92. The fourth-order valence-corrected chi connectivity index (χ4v) is 2.36. The summed E-state index contributed by atoms with van der Waals surface area (Å²) in [6.07, 6.45) is 1.16. The van der Waals surface area contributed by atoms with Crippen molar-refractivity contribution >= 4 is 10.9 Å². The molecular formula is C12H15N2O+. The largest absolute Gasteiger partial charge is 0.497 e. The van der Waals surface area contributed by atoms with Crippen LogP contribution in [0.15, 0.2) is 18.2 Å². The van der Waals surface area contributed by atoms with Crippen LogP contribution in [0.1, 0.15) is 11.3 Å². The summed E-state index contributed by atoms with van der Waals surface area (Å²) in [5.41, 5.74) is 4.09. The third-order valence-corrected chi connectivity index (χ3v) is 3.15. The van der Waals surface area contributed by atoms with E-state index >= 15 is 0 Å². The van der Waals surface area contributed by atoms with Crippen LogP contribution >= 0.6 is 0 Å². The number of ether oxygens (including phenoxy) is 1. The summed E-state index contributed by atoms with van der Waals surface area (Å²) in [4.78, 5) is 3.48. The number of aromatic amines is 1. The molecule has 0 saturated carbocycles. The Balaban J connectivity index is 2.24. The number of hydrogen-bond donors (Lipinski definition) is 2. The second-order valence-electron chi connectivity index (χ2n) is 4.03. The number of hydrogen-bond acceptors (Lipinski definition) is 1. The average Bonchev–Trinajstić information content (AvgIpc) is 2.66. The Morgan fingerprint density at radius 2 is 2.33 bits per heavy atom. The lowest BCUT2D eigenvalue weighted by molar-refractivity contribution is -0.673. The molecule has 0 bridgehead atoms. The zero-order valence-electron chi connectivity index (χ0n) is 8.84. The van der Waals surface area contributed by atoms with Gasteiger partial charge in [-0.25, -0.2) is 0 Å². The van der Waals surface area contributed by atoms with Gasteiger partial charge in [-0.3, -0.25) is 0 Å². The lowest BCUT2D eigenvalue weighted by Gasteiger charge is -2.09. The van der Waals surface area contributed by atoms with Gasteiger partial charge in [0.2, 0.25) is 0 Å². The van der Waals surface area contributed by atoms with E-state index in [1.807, 2.05) is 6.07 Å². The molecule has 3 heteroatoms. The fourth-order valence-electron chi connectivity index (χ4n) is 2.36. The van der Waals surface area contributed by atoms with Crippen LogP contribution in [0.2, 0.25) is 0 Å². The molecule has 1 aromatic carbocycles. The van der Waals surface area contributed by atoms with Gasteiger partial charge in [0.15, 0.2) is 0 Å². The highest BCUT2D eigenvalue weighted by Gasteiger charge is 2.17. The highest BCUT2D eigenvalue weighted by Crippen LogP contribution is 2.27. The third kappa shape index (κ3) is 1.31. The number of aromatic nitrogens is 1. The number of nitrogens with two attached hydrogens (primary N) is 1. The summed E-state index contributed by atoms with van der Waals surface area (Å²) >= 11 is 0. The van der Waals surface area contributed by atoms with Crippen LogP contribution in [0.3, 0.4) is 0 Å². The minimum absolute atomic E-state index is 0.943. The fraction of sp³-hybridized carbons (Fsp3) is 0.333. The second-order valence-corrected chi connectivity index (χ2v) is 4.03. The molecule has 1 aromatic heterocycles. The lowest BCUT2D eigenvalue weighted by Crippen LogP contribution is -2.84. The van der Waals surface area contributed by atoms with E-state index in [0.29, 0.717) is 0 Å². The number of rotatable bonds is 1. The van der Waals surface area contributed by atoms with E-state index in [2.05, 4.69) is 22.4 Å². The minimum atomic E-state index is 0.943. The third-order valence-electron chi connectivity index (χ3n) is 3.15. The van der Waals surface area contributed by atoms with Crippen molar-refractivity contribution in [2.45, 2.75) is 13.0 Å². The molecule has 0 unspecified atom stereocenters. The summed E-state index contributed by atoms with van der Waals surface area (Å²) < 4.78 is 5.26. The molecule has 78 valence electrons. The van der Waals surface area contributed by atoms with Gasteiger partial charge in [-0.1, -0.05) is 0 Å². The molecule has 3 N–H and O–H groups in total. The summed E-state index contributed by atoms with van der Waals surface area (Å²) in [7, 11) is 1.72. The minimum Gasteiger partial charge on any atom is -0.497 e. The first-order valence-corrected chi connectivity index (χ1v) is 5.37. The highest BCUT2D eigenvalue weighted by molar-refractivity contribution is 5.86. The first-order chi connectivity index (χ1) is 7.38. The van der Waals surface area contributed by atoms with Gasteiger partial charge in [0.05, 0.1) is 19.3 Å². The van der Waals surface area contributed by atoms with E-state index in [4.69, 9.17) is 4.74 Å². The molecule has 0 spiro atoms. The molecule has 15 heavy (non-hydrogen) atoms. The van der Waals surface area contributed by atoms with Gasteiger partial charge in [0.1, 0.15) is 12.3 Å². The molecule has 0 amide bonds. The predicted octanol–water partition coefficient (Wildman–Crippen LogP) is 0.796. The van der Waals surface area contributed by atoms with Gasteiger partial charge in [-0.05, 0) is 23.8 Å². The van der Waals surface area contributed by atoms with Crippen LogP contribution in [-0.2, 0) is 13.0 Å². The number of nitrogens with one attached hydrogen (secondary N) is 1. The normalized spacial score (nSPS) is 15.3.